The maximum atomic E-state index is 14.7. The molecule has 0 aromatic heterocycles. The smallest absolute Gasteiger partial charge is 0.410 e. The first kappa shape index (κ1) is 114. The van der Waals surface area contributed by atoms with Crippen molar-refractivity contribution in [1.29, 1.82) is 5.26 Å². The number of ketones is 2. The van der Waals surface area contributed by atoms with Gasteiger partial charge in [0.25, 0.3) is 10.1 Å². The summed E-state index contributed by atoms with van der Waals surface area (Å²) in [7, 11) is -3.86. The van der Waals surface area contributed by atoms with Gasteiger partial charge in [-0.1, -0.05) is 22.8 Å². The fourth-order valence-electron chi connectivity index (χ4n) is 20.9. The summed E-state index contributed by atoms with van der Waals surface area (Å²) < 4.78 is 108. The van der Waals surface area contributed by atoms with Crippen LogP contribution in [0.2, 0.25) is 0 Å². The predicted octanol–water partition coefficient (Wildman–Crippen LogP) is 17.3. The summed E-state index contributed by atoms with van der Waals surface area (Å²) in [4.78, 5) is 117. The van der Waals surface area contributed by atoms with Gasteiger partial charge in [0.15, 0.2) is 17.8 Å². The molecule has 6 aliphatic carbocycles. The van der Waals surface area contributed by atoms with E-state index >= 15 is 0 Å². The molecule has 810 valence electrons. The number of likely N-dealkylation sites (tertiary alicyclic amines) is 7. The minimum absolute atomic E-state index is 0.0205. The number of ether oxygens (including phenoxy) is 9. The Balaban J connectivity index is 0.000000145. The number of aliphatic hydroxyl groups is 1. The Morgan fingerprint density at radius 2 is 0.774 bits per heavy atom. The molecule has 16 fully saturated rings. The van der Waals surface area contributed by atoms with Gasteiger partial charge in [-0.05, 0) is 334 Å². The molecule has 6 saturated carbocycles. The van der Waals surface area contributed by atoms with Gasteiger partial charge in [-0.15, -0.1) is 0 Å². The summed E-state index contributed by atoms with van der Waals surface area (Å²) in [6.07, 6.45) is 15.0. The lowest BCUT2D eigenvalue weighted by Gasteiger charge is -2.29. The van der Waals surface area contributed by atoms with E-state index in [1.807, 2.05) is 141 Å². The summed E-state index contributed by atoms with van der Waals surface area (Å²) >= 11 is 0. The van der Waals surface area contributed by atoms with E-state index in [0.29, 0.717) is 213 Å². The number of aliphatic hydroxyl groups excluding tert-OH is 1. The zero-order chi connectivity index (χ0) is 106. The number of anilines is 2. The van der Waals surface area contributed by atoms with Crippen molar-refractivity contribution in [2.24, 2.45) is 93.7 Å². The summed E-state index contributed by atoms with van der Waals surface area (Å²) in [5.74, 6) is 5.00. The number of Topliss-reactive ketones (excluding diaryl/α,β-unsaturated/α-hetero) is 2. The van der Waals surface area contributed by atoms with Crippen molar-refractivity contribution in [2.45, 2.75) is 296 Å². The molecule has 0 bridgehead atoms. The number of nitriles is 1. The highest BCUT2D eigenvalue weighted by molar-refractivity contribution is 7.86. The van der Waals surface area contributed by atoms with Crippen molar-refractivity contribution in [1.82, 2.24) is 34.3 Å². The lowest BCUT2D eigenvalue weighted by Crippen LogP contribution is -2.37. The van der Waals surface area contributed by atoms with Gasteiger partial charge in [-0.3, -0.25) is 13.8 Å². The van der Waals surface area contributed by atoms with Crippen LogP contribution < -0.4 is 15.5 Å². The molecule has 35 nitrogen and oxygen atoms in total. The van der Waals surface area contributed by atoms with Crippen LogP contribution in [0.4, 0.5) is 48.9 Å². The highest BCUT2D eigenvalue weighted by atomic mass is 32.2. The van der Waals surface area contributed by atoms with Crippen molar-refractivity contribution in [2.75, 3.05) is 154 Å². The number of nitrogens with two attached hydrogens (primary N) is 1. The minimum Gasteiger partial charge on any atom is -0.444 e. The van der Waals surface area contributed by atoms with Crippen molar-refractivity contribution < 1.29 is 107 Å². The van der Waals surface area contributed by atoms with Gasteiger partial charge < -0.3 is 97.6 Å². The second-order valence-electron chi connectivity index (χ2n) is 48.7. The minimum atomic E-state index is -3.86. The molecule has 10 saturated heterocycles. The van der Waals surface area contributed by atoms with Crippen LogP contribution in [0.25, 0.3) is 10.4 Å². The van der Waals surface area contributed by atoms with Crippen LogP contribution in [-0.2, 0) is 56.9 Å². The molecule has 3 aromatic carbocycles. The largest absolute Gasteiger partial charge is 0.444 e. The zero-order valence-electron chi connectivity index (χ0n) is 89.4. The van der Waals surface area contributed by atoms with Crippen molar-refractivity contribution in [3.8, 4) is 6.19 Å². The number of β-amino-alcohol motifs (C(OH)–C–C–N with tert-alkyl or cyclic N) is 1. The lowest BCUT2D eigenvalue weighted by atomic mass is 9.86. The Hall–Kier alpha value is -9.61. The van der Waals surface area contributed by atoms with Crippen molar-refractivity contribution >= 4 is 69.6 Å². The van der Waals surface area contributed by atoms with Crippen molar-refractivity contribution in [3.63, 3.8) is 0 Å². The first-order chi connectivity index (χ1) is 68.5. The van der Waals surface area contributed by atoms with Crippen LogP contribution in [0.3, 0.4) is 0 Å². The summed E-state index contributed by atoms with van der Waals surface area (Å²) in [6, 6.07) is 16.3. The summed E-state index contributed by atoms with van der Waals surface area (Å²) in [6.45, 7) is 48.6. The third-order valence-electron chi connectivity index (χ3n) is 29.2. The molecule has 10 heterocycles. The molecule has 3 aromatic rings. The topological polar surface area (TPSA) is 414 Å². The van der Waals surface area contributed by atoms with Crippen LogP contribution in [-0.4, -0.2) is 310 Å². The van der Waals surface area contributed by atoms with E-state index in [1.54, 1.807) is 82.8 Å². The van der Waals surface area contributed by atoms with E-state index in [1.165, 1.54) is 63.5 Å². The van der Waals surface area contributed by atoms with Crippen LogP contribution in [0, 0.1) is 113 Å². The predicted molar refractivity (Wildman–Crippen MR) is 544 cm³/mol. The summed E-state index contributed by atoms with van der Waals surface area (Å²) in [5.41, 5.74) is 14.6. The quantitative estimate of drug-likeness (QED) is 0.0174. The highest BCUT2D eigenvalue weighted by Crippen LogP contribution is 2.50. The molecular weight excluding hydrogens is 1900 g/mol. The number of carbonyl (C=O) groups excluding carboxylic acids is 8. The number of hydrogen-bond donors (Lipinski definition) is 2. The average Bonchev–Trinajstić information content (AvgIpc) is 1.64. The van der Waals surface area contributed by atoms with Gasteiger partial charge in [-0.2, -0.15) is 13.7 Å². The molecule has 14 atom stereocenters. The number of amides is 6. The molecule has 38 heteroatoms. The molecule has 10 aliphatic heterocycles. The van der Waals surface area contributed by atoms with Gasteiger partial charge in [0.2, 0.25) is 0 Å². The number of benzene rings is 3. The fourth-order valence-corrected chi connectivity index (χ4v) is 22.1. The molecule has 2 unspecified atom stereocenters. The number of azide groups is 1. The van der Waals surface area contributed by atoms with Gasteiger partial charge in [0.05, 0.1) is 87.1 Å². The van der Waals surface area contributed by atoms with Gasteiger partial charge in [-0.25, -0.2) is 37.5 Å². The Morgan fingerprint density at radius 3 is 1.18 bits per heavy atom. The maximum Gasteiger partial charge on any atom is 0.410 e. The second-order valence-corrected chi connectivity index (χ2v) is 50.3. The molecule has 0 radical (unpaired) electrons. The van der Waals surface area contributed by atoms with Crippen LogP contribution in [0.1, 0.15) is 241 Å². The zero-order valence-corrected chi connectivity index (χ0v) is 90.3. The lowest BCUT2D eigenvalue weighted by molar-refractivity contribution is 0.0225. The standard InChI is InChI=1S/C24H33FN2O4.C20H24FN3O2.C19H27NO5S.C12H20N4O2.C12H22N2O2.C12H21NO3.C9H15NO3/c1-24(2,3)31-23(29)27-14-18(19(15-27)16-4-5-16)13-22(28)17-6-7-21(20(25)12-17)26-8-10-30-11-9-26;21-18-9-15(3-4-19(18)24-5-7-26-8-6-24)20(25)10-16-11-23(13-22)12-17(16)14-1-2-14;1-13-5-9-15(10-6-13)26(22,23)25-17-12-20(11-16(17)14-7-8-14)18(21)24-19(2,3)4;1-12(2,3)18-11(17)16-6-9(8-4-5-8)10(7-16)14-15-13;1-12(2,3)16-11(15)14-6-9(8-4-5-8)10(13)7-14;1-12(2,3)16-11(15)13-6-9(8-4-5-8)10(14)7-13;1-9(2,3)13-8(11)10-4-6-7(5-10)12-6/h6-7,12,16,18-19H,4-5,8-11,13-15H2,1-3H3;3-4,9,14,16-17H,1-2,5-8,10-12H2;5-6,9-10,14,16-17H,7-8,11-12H2,1-4H3;8-10H,4-7H2,1-3H3;8-10H,4-7,13H2,1-3H3;8-10,14H,4-7H2,1-3H3;6-7H,4-5H2,1-3H3/t18-,19-;16-,17-;16-,17+;2*9-,10-;9-,10+;/m000000./s1. The first-order valence-electron chi connectivity index (χ1n) is 53.0. The Kier molecular flexibility index (Phi) is 37.1. The van der Waals surface area contributed by atoms with E-state index in [9.17, 15) is 65.9 Å². The number of rotatable bonds is 18. The summed E-state index contributed by atoms with van der Waals surface area (Å²) in [5, 5.41) is 22.9. The second kappa shape index (κ2) is 47.7. The highest BCUT2D eigenvalue weighted by Gasteiger charge is 2.53. The van der Waals surface area contributed by atoms with E-state index in [-0.39, 0.29) is 119 Å². The number of epoxide rings is 1. The van der Waals surface area contributed by atoms with E-state index in [4.69, 9.17) is 58.1 Å². The van der Waals surface area contributed by atoms with Gasteiger partial charge in [0, 0.05) is 138 Å². The maximum absolute atomic E-state index is 14.7. The van der Waals surface area contributed by atoms with Crippen molar-refractivity contribution in [3.05, 3.63) is 99.4 Å². The number of carbonyl (C=O) groups is 8. The van der Waals surface area contributed by atoms with Crippen LogP contribution in [0.15, 0.2) is 70.7 Å². The number of fused-ring (bicyclic) bond motifs is 1. The van der Waals surface area contributed by atoms with Crippen LogP contribution in [0.5, 0.6) is 0 Å². The number of hydrogen-bond acceptors (Lipinski definition) is 27. The van der Waals surface area contributed by atoms with Gasteiger partial charge in [0.1, 0.15) is 57.4 Å². The number of nitrogens with zero attached hydrogens (tertiary/aromatic N) is 13. The number of morpholine rings is 3. The SMILES string of the molecule is CC(C)(C)OC(=O)N1CC2OC2C1.CC(C)(C)OC(=O)N1C[C@@H](O)[C@H](C2CC2)C1.CC(C)(C)OC(=O)N1C[C@H](CC(=O)c2ccc(N3CCOCC3)c(F)c2)[C@H](C2CC2)C1.CC(C)(C)OC(=O)N1C[C@H](N)[C@H](C2CC2)C1.CC(C)(C)OC(=O)N1C[C@H](N=[N+]=[N-])[C@H](C2CC2)C1.Cc1ccc(S(=O)(=O)O[C@@H]2CN(C(=O)OC(C)(C)C)C[C@H]2C2CC2)cc1.N#CN1C[C@H](CC(=O)c2ccc(N3CCOCC3)c(F)c2)[C@H](C2CC2)C1. The molecule has 146 heavy (non-hydrogen) atoms. The molecular formula is C108H162F2N14O21S. The molecule has 3 N–H and O–H groups in total. The molecule has 0 spiro atoms. The Morgan fingerprint density at radius 1 is 0.438 bits per heavy atom. The first-order valence-corrected chi connectivity index (χ1v) is 54.4. The normalized spacial score (nSPS) is 27.0. The number of aryl methyl sites for hydroxylation is 1. The third-order valence-corrected chi connectivity index (χ3v) is 30.5. The van der Waals surface area contributed by atoms with E-state index < -0.39 is 55.9 Å². The molecule has 16 aliphatic rings. The molecule has 6 amide bonds. The Bertz CT molecular complexity index is 5140. The molecule has 19 rings (SSSR count). The van der Waals surface area contributed by atoms with Crippen LogP contribution >= 0.6 is 0 Å². The third kappa shape index (κ3) is 34.2. The monoisotopic (exact) mass is 2060 g/mol. The fraction of sp³-hybridized carbons (Fsp3) is 0.750. The van der Waals surface area contributed by atoms with Gasteiger partial charge >= 0.3 is 36.6 Å². The van der Waals surface area contributed by atoms with E-state index in [2.05, 4.69) is 16.2 Å². The average molecular weight is 2060 g/mol. The van der Waals surface area contributed by atoms with E-state index in [0.717, 1.165) is 50.3 Å². The Labute approximate surface area is 861 Å². The number of halogens is 2.